The quantitative estimate of drug-likeness (QED) is 0.701. The molecule has 0 aliphatic rings. The molecule has 1 heterocycles. The van der Waals surface area contributed by atoms with Crippen LogP contribution < -0.4 is 0 Å². The first-order valence-electron chi connectivity index (χ1n) is 3.90. The molecule has 13 heavy (non-hydrogen) atoms. The molecular weight excluding hydrogens is 170 g/mol. The van der Waals surface area contributed by atoms with Crippen molar-refractivity contribution in [2.75, 3.05) is 0 Å². The molecule has 1 aromatic heterocycles. The molecule has 0 amide bonds. The summed E-state index contributed by atoms with van der Waals surface area (Å²) in [5.74, 6) is -0.961. The summed E-state index contributed by atoms with van der Waals surface area (Å²) < 4.78 is 1.53. The van der Waals surface area contributed by atoms with E-state index in [2.05, 4.69) is 0 Å². The fourth-order valence-corrected chi connectivity index (χ4v) is 1.42. The maximum Gasteiger partial charge on any atom is 0.352 e. The molecule has 0 saturated carbocycles. The molecule has 0 aliphatic carbocycles. The van der Waals surface area contributed by atoms with E-state index in [1.165, 1.54) is 4.57 Å². The van der Waals surface area contributed by atoms with Crippen molar-refractivity contribution in [3.63, 3.8) is 0 Å². The summed E-state index contributed by atoms with van der Waals surface area (Å²) in [6.07, 6.45) is 1.02. The first kappa shape index (κ1) is 9.51. The van der Waals surface area contributed by atoms with Gasteiger partial charge in [-0.3, -0.25) is 0 Å². The maximum absolute atomic E-state index is 10.8. The average molecular weight is 181 g/mol. The Morgan fingerprint density at radius 3 is 2.69 bits per heavy atom. The molecule has 0 aliphatic heterocycles. The molecule has 0 aromatic carbocycles. The lowest BCUT2D eigenvalue weighted by Crippen LogP contribution is -2.08. The Bertz CT molecular complexity index is 352. The van der Waals surface area contributed by atoms with Gasteiger partial charge in [0.2, 0.25) is 0 Å². The number of carbonyl (C=O) groups excluding carboxylic acids is 1. The van der Waals surface area contributed by atoms with Crippen molar-refractivity contribution in [2.24, 2.45) is 7.05 Å². The summed E-state index contributed by atoms with van der Waals surface area (Å²) in [7, 11) is 1.65. The minimum absolute atomic E-state index is 0.247. The number of carboxylic acids is 1. The van der Waals surface area contributed by atoms with Gasteiger partial charge in [0.15, 0.2) is 0 Å². The fourth-order valence-electron chi connectivity index (χ4n) is 1.42. The minimum Gasteiger partial charge on any atom is -0.477 e. The van der Waals surface area contributed by atoms with Crippen LogP contribution in [-0.2, 0) is 18.3 Å². The number of carbonyl (C=O) groups is 2. The van der Waals surface area contributed by atoms with Gasteiger partial charge in [-0.15, -0.1) is 0 Å². The van der Waals surface area contributed by atoms with Crippen LogP contribution in [0.3, 0.4) is 0 Å². The van der Waals surface area contributed by atoms with E-state index in [-0.39, 0.29) is 12.1 Å². The number of rotatable bonds is 3. The van der Waals surface area contributed by atoms with Crippen LogP contribution in [0.1, 0.15) is 21.7 Å². The number of nitrogens with zero attached hydrogens (tertiary/aromatic N) is 1. The topological polar surface area (TPSA) is 59.3 Å². The van der Waals surface area contributed by atoms with Crippen LogP contribution in [0.15, 0.2) is 6.07 Å². The van der Waals surface area contributed by atoms with Crippen LogP contribution in [0.5, 0.6) is 0 Å². The van der Waals surface area contributed by atoms with E-state index in [0.29, 0.717) is 5.56 Å². The number of hydrogen-bond acceptors (Lipinski definition) is 2. The lowest BCUT2D eigenvalue weighted by atomic mass is 10.2. The van der Waals surface area contributed by atoms with Crippen molar-refractivity contribution in [3.8, 4) is 0 Å². The van der Waals surface area contributed by atoms with Gasteiger partial charge in [-0.1, -0.05) is 0 Å². The van der Waals surface area contributed by atoms with E-state index in [0.717, 1.165) is 12.0 Å². The number of aryl methyl sites for hydroxylation is 1. The summed E-state index contributed by atoms with van der Waals surface area (Å²) in [6.45, 7) is 1.72. The Kier molecular flexibility index (Phi) is 2.51. The predicted octanol–water partition coefficient (Wildman–Crippen LogP) is 0.773. The molecule has 70 valence electrons. The highest BCUT2D eigenvalue weighted by Gasteiger charge is 2.14. The molecule has 4 heteroatoms. The van der Waals surface area contributed by atoms with Gasteiger partial charge < -0.3 is 14.5 Å². The third kappa shape index (κ3) is 1.61. The predicted molar refractivity (Wildman–Crippen MR) is 46.9 cm³/mol. The first-order chi connectivity index (χ1) is 6.07. The Morgan fingerprint density at radius 1 is 1.69 bits per heavy atom. The number of aromatic carboxylic acids is 1. The van der Waals surface area contributed by atoms with Gasteiger partial charge in [0.1, 0.15) is 12.0 Å². The second-order valence-corrected chi connectivity index (χ2v) is 2.90. The maximum atomic E-state index is 10.8. The summed E-state index contributed by atoms with van der Waals surface area (Å²) in [4.78, 5) is 21.0. The molecule has 0 fully saturated rings. The molecule has 0 spiro atoms. The smallest absolute Gasteiger partial charge is 0.352 e. The van der Waals surface area contributed by atoms with Crippen molar-refractivity contribution in [1.29, 1.82) is 0 Å². The SMILES string of the molecule is Cc1cc(CC=O)n(C)c1C(=O)O. The van der Waals surface area contributed by atoms with E-state index in [1.807, 2.05) is 0 Å². The van der Waals surface area contributed by atoms with E-state index in [9.17, 15) is 9.59 Å². The minimum atomic E-state index is -0.961. The Morgan fingerprint density at radius 2 is 2.31 bits per heavy atom. The van der Waals surface area contributed by atoms with Gasteiger partial charge in [0.05, 0.1) is 0 Å². The average Bonchev–Trinajstić information content (AvgIpc) is 2.28. The highest BCUT2D eigenvalue weighted by atomic mass is 16.4. The molecular formula is C9H11NO3. The van der Waals surface area contributed by atoms with Gasteiger partial charge in [-0.25, -0.2) is 4.79 Å². The highest BCUT2D eigenvalue weighted by molar-refractivity contribution is 5.88. The molecule has 1 N–H and O–H groups in total. The van der Waals surface area contributed by atoms with E-state index >= 15 is 0 Å². The van der Waals surface area contributed by atoms with Crippen molar-refractivity contribution < 1.29 is 14.7 Å². The molecule has 1 rings (SSSR count). The van der Waals surface area contributed by atoms with E-state index in [4.69, 9.17) is 5.11 Å². The number of hydrogen-bond donors (Lipinski definition) is 1. The zero-order valence-corrected chi connectivity index (χ0v) is 7.57. The second kappa shape index (κ2) is 3.43. The molecule has 0 saturated heterocycles. The van der Waals surface area contributed by atoms with E-state index < -0.39 is 5.97 Å². The molecule has 0 unspecified atom stereocenters. The number of carboxylic acid groups (broad SMARTS) is 1. The summed E-state index contributed by atoms with van der Waals surface area (Å²) >= 11 is 0. The number of aldehydes is 1. The van der Waals surface area contributed by atoms with Crippen LogP contribution in [-0.4, -0.2) is 21.9 Å². The molecule has 4 nitrogen and oxygen atoms in total. The first-order valence-corrected chi connectivity index (χ1v) is 3.90. The highest BCUT2D eigenvalue weighted by Crippen LogP contribution is 2.13. The van der Waals surface area contributed by atoms with E-state index in [1.54, 1.807) is 20.0 Å². The number of aromatic nitrogens is 1. The Balaban J connectivity index is 3.21. The van der Waals surface area contributed by atoms with Crippen LogP contribution >= 0.6 is 0 Å². The van der Waals surface area contributed by atoms with Crippen molar-refractivity contribution in [3.05, 3.63) is 23.0 Å². The Labute approximate surface area is 75.8 Å². The normalized spacial score (nSPS) is 10.0. The zero-order valence-electron chi connectivity index (χ0n) is 7.57. The zero-order chi connectivity index (χ0) is 10.0. The molecule has 0 radical (unpaired) electrons. The van der Waals surface area contributed by atoms with Gasteiger partial charge in [-0.2, -0.15) is 0 Å². The van der Waals surface area contributed by atoms with Gasteiger partial charge in [-0.05, 0) is 18.6 Å². The van der Waals surface area contributed by atoms with Crippen LogP contribution in [0.2, 0.25) is 0 Å². The van der Waals surface area contributed by atoms with Gasteiger partial charge in [0, 0.05) is 19.2 Å². The van der Waals surface area contributed by atoms with Crippen LogP contribution in [0, 0.1) is 6.92 Å². The lowest BCUT2D eigenvalue weighted by molar-refractivity contribution is -0.107. The third-order valence-electron chi connectivity index (χ3n) is 2.02. The molecule has 0 atom stereocenters. The molecule has 0 bridgehead atoms. The van der Waals surface area contributed by atoms with Crippen molar-refractivity contribution in [1.82, 2.24) is 4.57 Å². The monoisotopic (exact) mass is 181 g/mol. The third-order valence-corrected chi connectivity index (χ3v) is 2.02. The second-order valence-electron chi connectivity index (χ2n) is 2.90. The van der Waals surface area contributed by atoms with Crippen LogP contribution in [0.4, 0.5) is 0 Å². The standard InChI is InChI=1S/C9H11NO3/c1-6-5-7(3-4-11)10(2)8(6)9(12)13/h4-5H,3H2,1-2H3,(H,12,13). The molecule has 1 aromatic rings. The largest absolute Gasteiger partial charge is 0.477 e. The van der Waals surface area contributed by atoms with Crippen LogP contribution in [0.25, 0.3) is 0 Å². The summed E-state index contributed by atoms with van der Waals surface area (Å²) in [5.41, 5.74) is 1.66. The van der Waals surface area contributed by atoms with Crippen molar-refractivity contribution >= 4 is 12.3 Å². The fraction of sp³-hybridized carbons (Fsp3) is 0.333. The van der Waals surface area contributed by atoms with Gasteiger partial charge >= 0.3 is 5.97 Å². The van der Waals surface area contributed by atoms with Crippen molar-refractivity contribution in [2.45, 2.75) is 13.3 Å². The Hall–Kier alpha value is -1.58. The lowest BCUT2D eigenvalue weighted by Gasteiger charge is -2.01. The summed E-state index contributed by atoms with van der Waals surface area (Å²) in [6, 6.07) is 1.72. The summed E-state index contributed by atoms with van der Waals surface area (Å²) in [5, 5.41) is 8.82. The van der Waals surface area contributed by atoms with Gasteiger partial charge in [0.25, 0.3) is 0 Å².